The van der Waals surface area contributed by atoms with Crippen LogP contribution in [0.2, 0.25) is 0 Å². The lowest BCUT2D eigenvalue weighted by Crippen LogP contribution is -2.42. The topological polar surface area (TPSA) is 72.2 Å². The van der Waals surface area contributed by atoms with Gasteiger partial charge in [0.15, 0.2) is 0 Å². The van der Waals surface area contributed by atoms with E-state index in [1.54, 1.807) is 0 Å². The van der Waals surface area contributed by atoms with Gasteiger partial charge in [-0.05, 0) is 36.5 Å². The van der Waals surface area contributed by atoms with Crippen molar-refractivity contribution >= 4 is 27.5 Å². The van der Waals surface area contributed by atoms with Crippen LogP contribution in [0, 0.1) is 5.41 Å². The van der Waals surface area contributed by atoms with Crippen LogP contribution in [0.5, 0.6) is 0 Å². The molecule has 118 valence electrons. The number of rotatable bonds is 6. The van der Waals surface area contributed by atoms with Gasteiger partial charge in [0.2, 0.25) is 10.0 Å². The summed E-state index contributed by atoms with van der Waals surface area (Å²) in [7, 11) is -3.22. The van der Waals surface area contributed by atoms with Gasteiger partial charge >= 0.3 is 0 Å². The first kappa shape index (κ1) is 16.6. The second kappa shape index (κ2) is 6.58. The van der Waals surface area contributed by atoms with Crippen molar-refractivity contribution in [3.05, 3.63) is 24.3 Å². The largest absolute Gasteiger partial charge is 0.399 e. The molecule has 4 nitrogen and oxygen atoms in total. The molecule has 0 spiro atoms. The van der Waals surface area contributed by atoms with Crippen LogP contribution in [-0.4, -0.2) is 26.0 Å². The first-order valence-electron chi connectivity index (χ1n) is 7.27. The number of nitrogen functional groups attached to an aromatic ring is 1. The second-order valence-corrected chi connectivity index (χ2v) is 9.33. The van der Waals surface area contributed by atoms with E-state index in [-0.39, 0.29) is 17.2 Å². The summed E-state index contributed by atoms with van der Waals surface area (Å²) in [6.45, 7) is 4.27. The van der Waals surface area contributed by atoms with Gasteiger partial charge in [-0.2, -0.15) is 0 Å². The quantitative estimate of drug-likeness (QED) is 0.622. The van der Waals surface area contributed by atoms with E-state index in [2.05, 4.69) is 18.6 Å². The van der Waals surface area contributed by atoms with E-state index in [9.17, 15) is 8.42 Å². The molecule has 1 atom stereocenters. The summed E-state index contributed by atoms with van der Waals surface area (Å²) in [5, 5.41) is 0. The Hall–Kier alpha value is -0.720. The van der Waals surface area contributed by atoms with Crippen LogP contribution >= 0.6 is 11.8 Å². The molecule has 0 heterocycles. The number of anilines is 1. The fourth-order valence-corrected chi connectivity index (χ4v) is 5.52. The molecule has 1 fully saturated rings. The van der Waals surface area contributed by atoms with Gasteiger partial charge in [-0.15, -0.1) is 11.8 Å². The van der Waals surface area contributed by atoms with Crippen molar-refractivity contribution in [3.63, 3.8) is 0 Å². The zero-order valence-corrected chi connectivity index (χ0v) is 14.3. The molecule has 6 heteroatoms. The summed E-state index contributed by atoms with van der Waals surface area (Å²) in [6.07, 6.45) is 3.12. The average Bonchev–Trinajstić information content (AvgIpc) is 2.68. The van der Waals surface area contributed by atoms with Crippen molar-refractivity contribution < 1.29 is 8.42 Å². The Labute approximate surface area is 131 Å². The third kappa shape index (κ3) is 4.90. The summed E-state index contributed by atoms with van der Waals surface area (Å²) >= 11 is 1.52. The van der Waals surface area contributed by atoms with Crippen molar-refractivity contribution in [1.29, 1.82) is 0 Å². The molecule has 21 heavy (non-hydrogen) atoms. The molecular weight excluding hydrogens is 304 g/mol. The minimum absolute atomic E-state index is 0.0636. The number of thioether (sulfide) groups is 1. The first-order valence-corrected chi connectivity index (χ1v) is 9.91. The third-order valence-corrected chi connectivity index (χ3v) is 6.70. The van der Waals surface area contributed by atoms with Crippen molar-refractivity contribution in [2.45, 2.75) is 44.0 Å². The van der Waals surface area contributed by atoms with Crippen LogP contribution in [-0.2, 0) is 10.0 Å². The zero-order chi connectivity index (χ0) is 15.5. The molecular formula is C15H24N2O2S2. The van der Waals surface area contributed by atoms with Gasteiger partial charge in [0.25, 0.3) is 0 Å². The molecule has 3 N–H and O–H groups in total. The summed E-state index contributed by atoms with van der Waals surface area (Å²) in [6, 6.07) is 7.59. The van der Waals surface area contributed by atoms with Gasteiger partial charge in [-0.1, -0.05) is 26.3 Å². The Bertz CT molecular complexity index is 585. The Morgan fingerprint density at radius 3 is 2.81 bits per heavy atom. The lowest BCUT2D eigenvalue weighted by atomic mass is 9.88. The number of nitrogens with two attached hydrogens (primary N) is 1. The molecule has 1 aliphatic carbocycles. The van der Waals surface area contributed by atoms with Crippen molar-refractivity contribution in [1.82, 2.24) is 4.72 Å². The van der Waals surface area contributed by atoms with E-state index in [1.165, 1.54) is 11.8 Å². The minimum atomic E-state index is -3.22. The summed E-state index contributed by atoms with van der Waals surface area (Å²) in [5.41, 5.74) is 6.48. The lowest BCUT2D eigenvalue weighted by molar-refractivity contribution is 0.313. The fraction of sp³-hybridized carbons (Fsp3) is 0.600. The lowest BCUT2D eigenvalue weighted by Gasteiger charge is -2.27. The van der Waals surface area contributed by atoms with Gasteiger partial charge in [-0.25, -0.2) is 13.1 Å². The minimum Gasteiger partial charge on any atom is -0.399 e. The first-order chi connectivity index (χ1) is 9.78. The molecule has 0 bridgehead atoms. The predicted molar refractivity (Wildman–Crippen MR) is 89.9 cm³/mol. The number of hydrogen-bond donors (Lipinski definition) is 2. The maximum atomic E-state index is 12.2. The van der Waals surface area contributed by atoms with Gasteiger partial charge in [0, 0.05) is 22.4 Å². The maximum Gasteiger partial charge on any atom is 0.212 e. The van der Waals surface area contributed by atoms with Gasteiger partial charge < -0.3 is 5.73 Å². The van der Waals surface area contributed by atoms with Crippen molar-refractivity contribution in [2.24, 2.45) is 5.41 Å². The highest BCUT2D eigenvalue weighted by Crippen LogP contribution is 2.37. The van der Waals surface area contributed by atoms with Gasteiger partial charge in [-0.3, -0.25) is 0 Å². The summed E-state index contributed by atoms with van der Waals surface area (Å²) < 4.78 is 27.2. The molecule has 1 aliphatic rings. The predicted octanol–water partition coefficient (Wildman–Crippen LogP) is 2.86. The Kier molecular flexibility index (Phi) is 5.22. The molecule has 0 aliphatic heterocycles. The van der Waals surface area contributed by atoms with Crippen molar-refractivity contribution in [3.8, 4) is 0 Å². The number of benzene rings is 1. The van der Waals surface area contributed by atoms with E-state index in [0.717, 1.165) is 24.2 Å². The molecule has 0 radical (unpaired) electrons. The Morgan fingerprint density at radius 2 is 2.19 bits per heavy atom. The van der Waals surface area contributed by atoms with Crippen molar-refractivity contribution in [2.75, 3.05) is 17.2 Å². The van der Waals surface area contributed by atoms with E-state index in [4.69, 9.17) is 5.73 Å². The molecule has 2 rings (SSSR count). The highest BCUT2D eigenvalue weighted by atomic mass is 32.2. The van der Waals surface area contributed by atoms with Crippen LogP contribution in [0.3, 0.4) is 0 Å². The van der Waals surface area contributed by atoms with Crippen LogP contribution in [0.4, 0.5) is 5.69 Å². The summed E-state index contributed by atoms with van der Waals surface area (Å²) in [5.74, 6) is 0.672. The maximum absolute atomic E-state index is 12.2. The Morgan fingerprint density at radius 1 is 1.43 bits per heavy atom. The number of sulfonamides is 1. The monoisotopic (exact) mass is 328 g/mol. The number of hydrogen-bond acceptors (Lipinski definition) is 4. The molecule has 1 unspecified atom stereocenters. The summed E-state index contributed by atoms with van der Waals surface area (Å²) in [4.78, 5) is 1.01. The van der Waals surface area contributed by atoms with E-state index < -0.39 is 10.0 Å². The van der Waals surface area contributed by atoms with E-state index in [0.29, 0.717) is 11.4 Å². The smallest absolute Gasteiger partial charge is 0.212 e. The van der Waals surface area contributed by atoms with Crippen LogP contribution in [0.25, 0.3) is 0 Å². The highest BCUT2D eigenvalue weighted by molar-refractivity contribution is 8.00. The highest BCUT2D eigenvalue weighted by Gasteiger charge is 2.36. The molecule has 1 saturated carbocycles. The normalized spacial score (nSPS) is 21.5. The Balaban J connectivity index is 1.84. The molecule has 0 saturated heterocycles. The number of nitrogens with one attached hydrogen (secondary N) is 1. The molecule has 1 aromatic carbocycles. The molecule has 0 aromatic heterocycles. The second-order valence-electron chi connectivity index (χ2n) is 6.29. The molecule has 1 aromatic rings. The third-order valence-electron chi connectivity index (χ3n) is 4.06. The van der Waals surface area contributed by atoms with E-state index >= 15 is 0 Å². The zero-order valence-electron chi connectivity index (χ0n) is 12.6. The SMILES string of the molecule is CC1(C)CCCC1NS(=O)(=O)CCSc1cccc(N)c1. The van der Waals surface area contributed by atoms with Crippen LogP contribution in [0.1, 0.15) is 33.1 Å². The molecule has 0 amide bonds. The average molecular weight is 329 g/mol. The van der Waals surface area contributed by atoms with Crippen LogP contribution < -0.4 is 10.5 Å². The van der Waals surface area contributed by atoms with Crippen LogP contribution in [0.15, 0.2) is 29.2 Å². The van der Waals surface area contributed by atoms with E-state index in [1.807, 2.05) is 24.3 Å². The van der Waals surface area contributed by atoms with Gasteiger partial charge in [0.05, 0.1) is 5.75 Å². The standard InChI is InChI=1S/C15H24N2O2S2/c1-15(2)8-4-7-14(15)17-21(18,19)10-9-20-13-6-3-5-12(16)11-13/h3,5-6,11,14,17H,4,7-10,16H2,1-2H3. The van der Waals surface area contributed by atoms with Gasteiger partial charge in [0.1, 0.15) is 0 Å². The fourth-order valence-electron chi connectivity index (χ4n) is 2.69.